The number of aromatic nitrogens is 2. The van der Waals surface area contributed by atoms with Crippen molar-refractivity contribution >= 4 is 17.2 Å². The lowest BCUT2D eigenvalue weighted by molar-refractivity contribution is -0.119. The fraction of sp³-hybridized carbons (Fsp3) is 0.579. The molecule has 0 spiro atoms. The van der Waals surface area contributed by atoms with E-state index in [1.807, 2.05) is 11.3 Å². The molecule has 0 aromatic carbocycles. The van der Waals surface area contributed by atoms with Crippen molar-refractivity contribution in [2.75, 3.05) is 13.2 Å². The average molecular weight is 375 g/mol. The van der Waals surface area contributed by atoms with Crippen molar-refractivity contribution in [1.82, 2.24) is 20.0 Å². The van der Waals surface area contributed by atoms with Crippen LogP contribution in [-0.4, -0.2) is 33.7 Å². The minimum atomic E-state index is -0.0203. The maximum Gasteiger partial charge on any atom is 0.217 e. The molecule has 7 heteroatoms. The monoisotopic (exact) mass is 374 g/mol. The third kappa shape index (κ3) is 4.16. The second-order valence-electron chi connectivity index (χ2n) is 7.13. The Morgan fingerprint density at radius 3 is 3.12 bits per heavy atom. The Kier molecular flexibility index (Phi) is 5.38. The molecule has 1 saturated heterocycles. The van der Waals surface area contributed by atoms with Crippen LogP contribution in [0.1, 0.15) is 53.4 Å². The van der Waals surface area contributed by atoms with Crippen LogP contribution in [0.5, 0.6) is 0 Å². The van der Waals surface area contributed by atoms with Gasteiger partial charge in [-0.3, -0.25) is 14.4 Å². The molecule has 140 valence electrons. The minimum Gasteiger partial charge on any atom is -0.373 e. The lowest BCUT2D eigenvalue weighted by Gasteiger charge is -2.27. The summed E-state index contributed by atoms with van der Waals surface area (Å²) in [5, 5.41) is 7.41. The van der Waals surface area contributed by atoms with Crippen LogP contribution in [0.25, 0.3) is 0 Å². The highest BCUT2D eigenvalue weighted by Crippen LogP contribution is 2.33. The maximum atomic E-state index is 11.1. The molecule has 0 radical (unpaired) electrons. The van der Waals surface area contributed by atoms with E-state index in [-0.39, 0.29) is 5.91 Å². The standard InChI is InChI=1S/C19H26N4O2S/c1-14(24)20-11-15-10-16-12-22(7-8-23(16)21-15)13-17-5-6-19(26-17)18-4-2-3-9-25-18/h5-6,10,18H,2-4,7-9,11-13H2,1H3,(H,20,24). The molecule has 1 amide bonds. The molecular formula is C19H26N4O2S. The summed E-state index contributed by atoms with van der Waals surface area (Å²) in [6, 6.07) is 6.61. The second kappa shape index (κ2) is 7.90. The zero-order chi connectivity index (χ0) is 17.9. The number of amides is 1. The number of rotatable bonds is 5. The first-order chi connectivity index (χ1) is 12.7. The summed E-state index contributed by atoms with van der Waals surface area (Å²) in [6.45, 7) is 6.72. The quantitative estimate of drug-likeness (QED) is 0.874. The van der Waals surface area contributed by atoms with Gasteiger partial charge in [0.05, 0.1) is 30.6 Å². The van der Waals surface area contributed by atoms with Gasteiger partial charge in [-0.2, -0.15) is 5.10 Å². The number of ether oxygens (including phenoxy) is 1. The molecule has 1 atom stereocenters. The fourth-order valence-electron chi connectivity index (χ4n) is 3.65. The molecule has 4 rings (SSSR count). The van der Waals surface area contributed by atoms with Crippen molar-refractivity contribution in [3.63, 3.8) is 0 Å². The SMILES string of the molecule is CC(=O)NCc1cc2n(n1)CCN(Cc1ccc(C3CCCCO3)s1)C2. The first-order valence-corrected chi connectivity index (χ1v) is 10.2. The number of nitrogens with zero attached hydrogens (tertiary/aromatic N) is 3. The molecule has 1 unspecified atom stereocenters. The van der Waals surface area contributed by atoms with Gasteiger partial charge in [-0.1, -0.05) is 0 Å². The molecule has 4 heterocycles. The summed E-state index contributed by atoms with van der Waals surface area (Å²) in [7, 11) is 0. The smallest absolute Gasteiger partial charge is 0.217 e. The highest BCUT2D eigenvalue weighted by atomic mass is 32.1. The molecule has 1 fully saturated rings. The van der Waals surface area contributed by atoms with Gasteiger partial charge in [-0.05, 0) is 37.5 Å². The molecule has 0 aliphatic carbocycles. The Labute approximate surface area is 158 Å². The molecule has 6 nitrogen and oxygen atoms in total. The third-order valence-electron chi connectivity index (χ3n) is 5.00. The predicted molar refractivity (Wildman–Crippen MR) is 101 cm³/mol. The van der Waals surface area contributed by atoms with Gasteiger partial charge in [0, 0.05) is 42.9 Å². The second-order valence-corrected chi connectivity index (χ2v) is 8.33. The van der Waals surface area contributed by atoms with Gasteiger partial charge in [0.2, 0.25) is 5.91 Å². The van der Waals surface area contributed by atoms with Crippen LogP contribution >= 0.6 is 11.3 Å². The molecule has 26 heavy (non-hydrogen) atoms. The van der Waals surface area contributed by atoms with E-state index in [4.69, 9.17) is 4.74 Å². The van der Waals surface area contributed by atoms with Gasteiger partial charge < -0.3 is 10.1 Å². The van der Waals surface area contributed by atoms with Crippen molar-refractivity contribution in [2.45, 2.75) is 58.5 Å². The van der Waals surface area contributed by atoms with Crippen molar-refractivity contribution in [3.05, 3.63) is 39.3 Å². The molecule has 0 bridgehead atoms. The van der Waals surface area contributed by atoms with Crippen LogP contribution < -0.4 is 5.32 Å². The number of hydrogen-bond acceptors (Lipinski definition) is 5. The minimum absolute atomic E-state index is 0.0203. The highest BCUT2D eigenvalue weighted by molar-refractivity contribution is 7.12. The largest absolute Gasteiger partial charge is 0.373 e. The van der Waals surface area contributed by atoms with Crippen molar-refractivity contribution in [1.29, 1.82) is 0 Å². The van der Waals surface area contributed by atoms with Crippen LogP contribution in [0.2, 0.25) is 0 Å². The normalized spacial score (nSPS) is 20.7. The van der Waals surface area contributed by atoms with Crippen LogP contribution in [0.4, 0.5) is 0 Å². The first-order valence-electron chi connectivity index (χ1n) is 9.40. The molecule has 1 N–H and O–H groups in total. The number of nitrogens with one attached hydrogen (secondary N) is 1. The first kappa shape index (κ1) is 17.7. The summed E-state index contributed by atoms with van der Waals surface area (Å²) >= 11 is 1.89. The number of carbonyl (C=O) groups is 1. The predicted octanol–water partition coefficient (Wildman–Crippen LogP) is 2.84. The van der Waals surface area contributed by atoms with Crippen molar-refractivity contribution < 1.29 is 9.53 Å². The van der Waals surface area contributed by atoms with Gasteiger partial charge in [-0.25, -0.2) is 0 Å². The van der Waals surface area contributed by atoms with Crippen molar-refractivity contribution in [2.24, 2.45) is 0 Å². The van der Waals surface area contributed by atoms with E-state index < -0.39 is 0 Å². The number of thiophene rings is 1. The fourth-order valence-corrected chi connectivity index (χ4v) is 4.79. The van der Waals surface area contributed by atoms with Gasteiger partial charge in [0.15, 0.2) is 0 Å². The van der Waals surface area contributed by atoms with E-state index in [1.54, 1.807) is 0 Å². The van der Waals surface area contributed by atoms with E-state index in [9.17, 15) is 4.79 Å². The molecule has 0 saturated carbocycles. The molecule has 2 aliphatic rings. The Balaban J connectivity index is 1.35. The topological polar surface area (TPSA) is 59.4 Å². The third-order valence-corrected chi connectivity index (χ3v) is 6.17. The number of carbonyl (C=O) groups excluding carboxylic acids is 1. The van der Waals surface area contributed by atoms with E-state index in [2.05, 4.69) is 38.2 Å². The number of fused-ring (bicyclic) bond motifs is 1. The highest BCUT2D eigenvalue weighted by Gasteiger charge is 2.21. The lowest BCUT2D eigenvalue weighted by atomic mass is 10.1. The van der Waals surface area contributed by atoms with Crippen molar-refractivity contribution in [3.8, 4) is 0 Å². The van der Waals surface area contributed by atoms with Gasteiger partial charge >= 0.3 is 0 Å². The molecular weight excluding hydrogens is 348 g/mol. The summed E-state index contributed by atoms with van der Waals surface area (Å²) in [5.74, 6) is -0.0203. The van der Waals surface area contributed by atoms with E-state index >= 15 is 0 Å². The molecule has 2 aliphatic heterocycles. The van der Waals surface area contributed by atoms with E-state index in [0.717, 1.165) is 44.9 Å². The van der Waals surface area contributed by atoms with Gasteiger partial charge in [0.1, 0.15) is 0 Å². The Morgan fingerprint density at radius 1 is 1.38 bits per heavy atom. The Bertz CT molecular complexity index is 763. The maximum absolute atomic E-state index is 11.1. The summed E-state index contributed by atoms with van der Waals surface area (Å²) in [4.78, 5) is 16.3. The molecule has 2 aromatic rings. The van der Waals surface area contributed by atoms with Crippen LogP contribution in [0.3, 0.4) is 0 Å². The number of hydrogen-bond donors (Lipinski definition) is 1. The summed E-state index contributed by atoms with van der Waals surface area (Å²) in [5.41, 5.74) is 2.16. The Hall–Kier alpha value is -1.70. The summed E-state index contributed by atoms with van der Waals surface area (Å²) < 4.78 is 7.98. The zero-order valence-electron chi connectivity index (χ0n) is 15.2. The van der Waals surface area contributed by atoms with E-state index in [0.29, 0.717) is 12.6 Å². The van der Waals surface area contributed by atoms with Crippen LogP contribution in [0.15, 0.2) is 18.2 Å². The zero-order valence-corrected chi connectivity index (χ0v) is 16.1. The van der Waals surface area contributed by atoms with Crippen LogP contribution in [-0.2, 0) is 35.7 Å². The Morgan fingerprint density at radius 2 is 2.31 bits per heavy atom. The van der Waals surface area contributed by atoms with E-state index in [1.165, 1.54) is 35.2 Å². The summed E-state index contributed by atoms with van der Waals surface area (Å²) in [6.07, 6.45) is 3.93. The van der Waals surface area contributed by atoms with Crippen LogP contribution in [0, 0.1) is 0 Å². The van der Waals surface area contributed by atoms with Gasteiger partial charge in [0.25, 0.3) is 0 Å². The molecule has 2 aromatic heterocycles. The average Bonchev–Trinajstić information content (AvgIpc) is 3.27. The van der Waals surface area contributed by atoms with Gasteiger partial charge in [-0.15, -0.1) is 11.3 Å². The lowest BCUT2D eigenvalue weighted by Crippen LogP contribution is -2.33.